The fourth-order valence-electron chi connectivity index (χ4n) is 5.94. The number of esters is 1. The van der Waals surface area contributed by atoms with Crippen LogP contribution in [-0.4, -0.2) is 84.4 Å². The lowest BCUT2D eigenvalue weighted by molar-refractivity contribution is -0.169. The summed E-state index contributed by atoms with van der Waals surface area (Å²) >= 11 is 12.6. The van der Waals surface area contributed by atoms with Crippen molar-refractivity contribution in [1.29, 1.82) is 0 Å². The molecule has 0 bridgehead atoms. The van der Waals surface area contributed by atoms with Crippen molar-refractivity contribution in [2.24, 2.45) is 0 Å². The first-order valence-corrected chi connectivity index (χ1v) is 15.0. The fourth-order valence-corrected chi connectivity index (χ4v) is 6.24. The molecule has 2 aromatic carbocycles. The van der Waals surface area contributed by atoms with Crippen LogP contribution in [-0.2, 0) is 14.3 Å². The molecule has 41 heavy (non-hydrogen) atoms. The van der Waals surface area contributed by atoms with Gasteiger partial charge in [-0.05, 0) is 75.4 Å². The number of hydrogen-bond acceptors (Lipinski definition) is 5. The number of nitrogens with zero attached hydrogens (tertiary/aromatic N) is 3. The summed E-state index contributed by atoms with van der Waals surface area (Å²) in [6.45, 7) is 5.40. The van der Waals surface area contributed by atoms with Crippen LogP contribution >= 0.6 is 35.6 Å². The van der Waals surface area contributed by atoms with Crippen LogP contribution in [0.15, 0.2) is 48.5 Å². The molecule has 2 fully saturated rings. The van der Waals surface area contributed by atoms with E-state index in [2.05, 4.69) is 4.90 Å². The summed E-state index contributed by atoms with van der Waals surface area (Å²) in [5.41, 5.74) is 0.797. The maximum atomic E-state index is 13.2. The molecular weight excluding hydrogens is 585 g/mol. The van der Waals surface area contributed by atoms with Crippen LogP contribution in [0.5, 0.6) is 0 Å². The summed E-state index contributed by atoms with van der Waals surface area (Å²) in [4.78, 5) is 45.0. The van der Waals surface area contributed by atoms with Crippen LogP contribution < -0.4 is 0 Å². The molecule has 2 aliphatic heterocycles. The van der Waals surface area contributed by atoms with Gasteiger partial charge < -0.3 is 19.4 Å². The lowest BCUT2D eigenvalue weighted by atomic mass is 9.83. The van der Waals surface area contributed by atoms with Crippen molar-refractivity contribution in [3.8, 4) is 0 Å². The van der Waals surface area contributed by atoms with Crippen molar-refractivity contribution in [2.75, 3.05) is 46.4 Å². The van der Waals surface area contributed by atoms with Gasteiger partial charge in [0.05, 0.1) is 16.7 Å². The zero-order valence-electron chi connectivity index (χ0n) is 23.8. The fraction of sp³-hybridized carbons (Fsp3) is 0.516. The maximum absolute atomic E-state index is 13.2. The van der Waals surface area contributed by atoms with E-state index in [0.29, 0.717) is 67.7 Å². The molecule has 4 rings (SSSR count). The molecule has 0 N–H and O–H groups in total. The molecule has 7 nitrogen and oxygen atoms in total. The summed E-state index contributed by atoms with van der Waals surface area (Å²) in [5.74, 6) is -0.222. The van der Waals surface area contributed by atoms with Gasteiger partial charge in [0.2, 0.25) is 5.91 Å². The minimum atomic E-state index is -0.880. The minimum absolute atomic E-state index is 0. The molecule has 2 saturated heterocycles. The topological polar surface area (TPSA) is 70.2 Å². The van der Waals surface area contributed by atoms with Crippen LogP contribution in [0.25, 0.3) is 0 Å². The SMILES string of the molecule is CCOC(=O)C1(N2CCCCC2=O)CCN(CCC(CN(C)C(=O)c2ccccc2)c2ccc(Cl)c(Cl)c2)CC1.Cl. The van der Waals surface area contributed by atoms with E-state index in [1.165, 1.54) is 0 Å². The third-order valence-corrected chi connectivity index (χ3v) is 8.99. The van der Waals surface area contributed by atoms with Crippen LogP contribution in [0.2, 0.25) is 10.0 Å². The predicted octanol–water partition coefficient (Wildman–Crippen LogP) is 6.07. The first kappa shape index (κ1) is 33.2. The number of carbonyl (C=O) groups is 3. The van der Waals surface area contributed by atoms with Gasteiger partial charge in [-0.25, -0.2) is 4.79 Å². The predicted molar refractivity (Wildman–Crippen MR) is 165 cm³/mol. The lowest BCUT2D eigenvalue weighted by Crippen LogP contribution is -2.63. The Kier molecular flexibility index (Phi) is 12.3. The molecule has 2 aliphatic rings. The quantitative estimate of drug-likeness (QED) is 0.300. The van der Waals surface area contributed by atoms with Gasteiger partial charge in [-0.3, -0.25) is 9.59 Å². The van der Waals surface area contributed by atoms with Crippen molar-refractivity contribution < 1.29 is 19.1 Å². The second-order valence-electron chi connectivity index (χ2n) is 10.8. The Hall–Kier alpha value is -2.32. The second kappa shape index (κ2) is 15.2. The van der Waals surface area contributed by atoms with Gasteiger partial charge in [0, 0.05) is 51.1 Å². The highest BCUT2D eigenvalue weighted by atomic mass is 35.5. The molecular formula is C31H40Cl3N3O4. The maximum Gasteiger partial charge on any atom is 0.332 e. The average molecular weight is 625 g/mol. The molecule has 0 saturated carbocycles. The number of rotatable bonds is 10. The number of halogens is 3. The summed E-state index contributed by atoms with van der Waals surface area (Å²) in [6.07, 6.45) is 4.18. The molecule has 10 heteroatoms. The van der Waals surface area contributed by atoms with E-state index in [1.54, 1.807) is 15.9 Å². The van der Waals surface area contributed by atoms with Crippen molar-refractivity contribution in [3.63, 3.8) is 0 Å². The Bertz CT molecular complexity index is 1190. The largest absolute Gasteiger partial charge is 0.464 e. The lowest BCUT2D eigenvalue weighted by Gasteiger charge is -2.48. The highest BCUT2D eigenvalue weighted by Crippen LogP contribution is 2.35. The number of likely N-dealkylation sites (tertiary alicyclic amines) is 2. The molecule has 0 spiro atoms. The molecule has 0 radical (unpaired) electrons. The molecule has 1 atom stereocenters. The third-order valence-electron chi connectivity index (χ3n) is 8.25. The van der Waals surface area contributed by atoms with Crippen molar-refractivity contribution >= 4 is 53.4 Å². The van der Waals surface area contributed by atoms with Crippen molar-refractivity contribution in [3.05, 3.63) is 69.7 Å². The van der Waals surface area contributed by atoms with E-state index in [1.807, 2.05) is 56.4 Å². The first-order valence-electron chi connectivity index (χ1n) is 14.2. The van der Waals surface area contributed by atoms with Crippen LogP contribution in [0.1, 0.15) is 67.3 Å². The zero-order chi connectivity index (χ0) is 28.7. The van der Waals surface area contributed by atoms with E-state index < -0.39 is 5.54 Å². The van der Waals surface area contributed by atoms with E-state index in [4.69, 9.17) is 27.9 Å². The summed E-state index contributed by atoms with van der Waals surface area (Å²) < 4.78 is 5.49. The first-order chi connectivity index (χ1) is 19.2. The number of ether oxygens (including phenoxy) is 1. The van der Waals surface area contributed by atoms with Gasteiger partial charge >= 0.3 is 5.97 Å². The second-order valence-corrected chi connectivity index (χ2v) is 11.6. The Morgan fingerprint density at radius 3 is 2.37 bits per heavy atom. The van der Waals surface area contributed by atoms with E-state index >= 15 is 0 Å². The summed E-state index contributed by atoms with van der Waals surface area (Å²) in [5, 5.41) is 0.987. The molecule has 224 valence electrons. The molecule has 0 aromatic heterocycles. The van der Waals surface area contributed by atoms with Gasteiger partial charge in [0.15, 0.2) is 0 Å². The highest BCUT2D eigenvalue weighted by Gasteiger charge is 2.49. The van der Waals surface area contributed by atoms with Crippen LogP contribution in [0.3, 0.4) is 0 Å². The van der Waals surface area contributed by atoms with Crippen molar-refractivity contribution in [2.45, 2.75) is 56.9 Å². The molecule has 2 amide bonds. The van der Waals surface area contributed by atoms with Gasteiger partial charge in [-0.15, -0.1) is 12.4 Å². The normalized spacial score (nSPS) is 17.9. The Balaban J connectivity index is 0.00000462. The highest BCUT2D eigenvalue weighted by molar-refractivity contribution is 6.42. The van der Waals surface area contributed by atoms with E-state index in [-0.39, 0.29) is 36.1 Å². The summed E-state index contributed by atoms with van der Waals surface area (Å²) in [6, 6.07) is 14.9. The Morgan fingerprint density at radius 2 is 1.73 bits per heavy atom. The van der Waals surface area contributed by atoms with Gasteiger partial charge in [0.1, 0.15) is 5.54 Å². The average Bonchev–Trinajstić information content (AvgIpc) is 2.97. The number of benzene rings is 2. The number of carbonyl (C=O) groups excluding carboxylic acids is 3. The smallest absolute Gasteiger partial charge is 0.332 e. The van der Waals surface area contributed by atoms with Crippen LogP contribution in [0, 0.1) is 0 Å². The standard InChI is InChI=1S/C31H39Cl2N3O4.ClH/c1-3-40-30(39)31(36-17-8-7-11-28(36)37)15-19-35(20-16-31)18-14-25(24-12-13-26(32)27(33)21-24)22-34(2)29(38)23-9-5-4-6-10-23;/h4-6,9-10,12-13,21,25H,3,7-8,11,14-20,22H2,1-2H3;1H. The zero-order valence-corrected chi connectivity index (χ0v) is 26.1. The van der Waals surface area contributed by atoms with Gasteiger partial charge in [-0.2, -0.15) is 0 Å². The number of hydrogen-bond donors (Lipinski definition) is 0. The minimum Gasteiger partial charge on any atom is -0.464 e. The number of amides is 2. The van der Waals surface area contributed by atoms with E-state index in [9.17, 15) is 14.4 Å². The molecule has 1 unspecified atom stereocenters. The molecule has 2 heterocycles. The Morgan fingerprint density at radius 1 is 1.02 bits per heavy atom. The van der Waals surface area contributed by atoms with E-state index in [0.717, 1.165) is 31.4 Å². The number of piperidine rings is 2. The van der Waals surface area contributed by atoms with Crippen molar-refractivity contribution in [1.82, 2.24) is 14.7 Å². The Labute approximate surface area is 259 Å². The summed E-state index contributed by atoms with van der Waals surface area (Å²) in [7, 11) is 1.82. The molecule has 2 aromatic rings. The third kappa shape index (κ3) is 7.95. The molecule has 0 aliphatic carbocycles. The number of likely N-dealkylation sites (N-methyl/N-ethyl adjacent to an activating group) is 1. The van der Waals surface area contributed by atoms with Gasteiger partial charge in [0.25, 0.3) is 5.91 Å². The monoisotopic (exact) mass is 623 g/mol. The van der Waals surface area contributed by atoms with Gasteiger partial charge in [-0.1, -0.05) is 47.5 Å². The van der Waals surface area contributed by atoms with Crippen LogP contribution in [0.4, 0.5) is 0 Å².